The number of H-pyrrole nitrogens is 1. The number of ether oxygens (including phenoxy) is 1. The predicted octanol–water partition coefficient (Wildman–Crippen LogP) is 3.76. The van der Waals surface area contributed by atoms with Crippen LogP contribution in [0.2, 0.25) is 0 Å². The standard InChI is InChI=1S/C21H22N2O3/c1-14-5-3-8-19-21(14)17(13-22-19)12-20(25)23-18-7-4-6-16(11-18)9-10-26-15(2)24/h3-8,11,13,22H,9-10,12H2,1-2H3,(H,23,25). The van der Waals surface area contributed by atoms with E-state index < -0.39 is 0 Å². The first kappa shape index (κ1) is 17.7. The molecule has 0 aliphatic carbocycles. The van der Waals surface area contributed by atoms with Crippen molar-refractivity contribution < 1.29 is 14.3 Å². The van der Waals surface area contributed by atoms with Crippen molar-refractivity contribution in [1.82, 2.24) is 4.98 Å². The van der Waals surface area contributed by atoms with Gasteiger partial charge in [-0.15, -0.1) is 0 Å². The van der Waals surface area contributed by atoms with E-state index in [4.69, 9.17) is 4.74 Å². The first-order valence-corrected chi connectivity index (χ1v) is 8.60. The topological polar surface area (TPSA) is 71.2 Å². The number of amides is 1. The lowest BCUT2D eigenvalue weighted by Crippen LogP contribution is -2.14. The molecular weight excluding hydrogens is 328 g/mol. The Balaban J connectivity index is 1.65. The Kier molecular flexibility index (Phi) is 5.37. The van der Waals surface area contributed by atoms with Crippen LogP contribution < -0.4 is 5.32 Å². The SMILES string of the molecule is CC(=O)OCCc1cccc(NC(=O)Cc2c[nH]c3cccc(C)c23)c1. The molecule has 5 heteroatoms. The predicted molar refractivity (Wildman–Crippen MR) is 102 cm³/mol. The van der Waals surface area contributed by atoms with Gasteiger partial charge in [0.1, 0.15) is 0 Å². The van der Waals surface area contributed by atoms with Crippen LogP contribution in [-0.4, -0.2) is 23.5 Å². The molecule has 0 fully saturated rings. The van der Waals surface area contributed by atoms with Gasteiger partial charge in [0, 0.05) is 36.1 Å². The van der Waals surface area contributed by atoms with Gasteiger partial charge in [-0.05, 0) is 41.8 Å². The first-order chi connectivity index (χ1) is 12.5. The summed E-state index contributed by atoms with van der Waals surface area (Å²) in [5.74, 6) is -0.352. The van der Waals surface area contributed by atoms with Crippen LogP contribution in [0.3, 0.4) is 0 Å². The number of rotatable bonds is 6. The normalized spacial score (nSPS) is 10.7. The maximum atomic E-state index is 12.5. The molecular formula is C21H22N2O3. The fourth-order valence-electron chi connectivity index (χ4n) is 3.09. The van der Waals surface area contributed by atoms with Crippen molar-refractivity contribution in [3.05, 3.63) is 65.4 Å². The van der Waals surface area contributed by atoms with E-state index in [-0.39, 0.29) is 11.9 Å². The van der Waals surface area contributed by atoms with Crippen LogP contribution in [0.5, 0.6) is 0 Å². The minimum absolute atomic E-state index is 0.0636. The molecule has 26 heavy (non-hydrogen) atoms. The van der Waals surface area contributed by atoms with Gasteiger partial charge in [0.25, 0.3) is 0 Å². The summed E-state index contributed by atoms with van der Waals surface area (Å²) >= 11 is 0. The highest BCUT2D eigenvalue weighted by atomic mass is 16.5. The lowest BCUT2D eigenvalue weighted by molar-refractivity contribution is -0.140. The minimum Gasteiger partial charge on any atom is -0.466 e. The highest BCUT2D eigenvalue weighted by Gasteiger charge is 2.11. The van der Waals surface area contributed by atoms with Gasteiger partial charge in [-0.3, -0.25) is 9.59 Å². The number of esters is 1. The molecule has 0 saturated heterocycles. The van der Waals surface area contributed by atoms with Crippen molar-refractivity contribution in [2.75, 3.05) is 11.9 Å². The lowest BCUT2D eigenvalue weighted by Gasteiger charge is -2.08. The summed E-state index contributed by atoms with van der Waals surface area (Å²) in [6.45, 7) is 3.77. The molecule has 3 aromatic rings. The van der Waals surface area contributed by atoms with Crippen molar-refractivity contribution in [3.63, 3.8) is 0 Å². The molecule has 1 heterocycles. The molecule has 0 unspecified atom stereocenters. The van der Waals surface area contributed by atoms with Crippen LogP contribution in [0.15, 0.2) is 48.7 Å². The molecule has 1 aromatic heterocycles. The number of carbonyl (C=O) groups excluding carboxylic acids is 2. The maximum absolute atomic E-state index is 12.5. The zero-order valence-electron chi connectivity index (χ0n) is 15.0. The van der Waals surface area contributed by atoms with Gasteiger partial charge in [0.15, 0.2) is 0 Å². The van der Waals surface area contributed by atoms with E-state index in [9.17, 15) is 9.59 Å². The number of carbonyl (C=O) groups is 2. The molecule has 0 radical (unpaired) electrons. The highest BCUT2D eigenvalue weighted by molar-refractivity contribution is 5.96. The van der Waals surface area contributed by atoms with Crippen molar-refractivity contribution in [1.29, 1.82) is 0 Å². The van der Waals surface area contributed by atoms with Crippen LogP contribution in [0.1, 0.15) is 23.6 Å². The average Bonchev–Trinajstić information content (AvgIpc) is 2.99. The molecule has 5 nitrogen and oxygen atoms in total. The van der Waals surface area contributed by atoms with Crippen LogP contribution in [0, 0.1) is 6.92 Å². The van der Waals surface area contributed by atoms with Crippen LogP contribution in [0.25, 0.3) is 10.9 Å². The fourth-order valence-corrected chi connectivity index (χ4v) is 3.09. The van der Waals surface area contributed by atoms with E-state index in [1.165, 1.54) is 6.92 Å². The van der Waals surface area contributed by atoms with Gasteiger partial charge in [-0.1, -0.05) is 24.3 Å². The third kappa shape index (κ3) is 4.30. The number of aromatic nitrogens is 1. The van der Waals surface area contributed by atoms with Gasteiger partial charge in [-0.25, -0.2) is 0 Å². The number of hydrogen-bond donors (Lipinski definition) is 2. The third-order valence-electron chi connectivity index (χ3n) is 4.25. The molecule has 1 amide bonds. The fraction of sp³-hybridized carbons (Fsp3) is 0.238. The summed E-state index contributed by atoms with van der Waals surface area (Å²) in [6.07, 6.45) is 2.82. The molecule has 2 aromatic carbocycles. The molecule has 0 aliphatic heterocycles. The number of benzene rings is 2. The Morgan fingerprint density at radius 2 is 1.96 bits per heavy atom. The largest absolute Gasteiger partial charge is 0.466 e. The number of hydrogen-bond acceptors (Lipinski definition) is 3. The van der Waals surface area contributed by atoms with Gasteiger partial charge in [0.2, 0.25) is 5.91 Å². The van der Waals surface area contributed by atoms with Gasteiger partial charge in [0.05, 0.1) is 13.0 Å². The second kappa shape index (κ2) is 7.87. The minimum atomic E-state index is -0.288. The second-order valence-electron chi connectivity index (χ2n) is 6.33. The Hall–Kier alpha value is -3.08. The number of nitrogens with one attached hydrogen (secondary N) is 2. The lowest BCUT2D eigenvalue weighted by atomic mass is 10.1. The number of fused-ring (bicyclic) bond motifs is 1. The Morgan fingerprint density at radius 3 is 2.77 bits per heavy atom. The molecule has 134 valence electrons. The zero-order valence-corrected chi connectivity index (χ0v) is 15.0. The van der Waals surface area contributed by atoms with E-state index >= 15 is 0 Å². The van der Waals surface area contributed by atoms with E-state index in [1.54, 1.807) is 0 Å². The van der Waals surface area contributed by atoms with Gasteiger partial charge >= 0.3 is 5.97 Å². The summed E-state index contributed by atoms with van der Waals surface area (Å²) < 4.78 is 4.96. The van der Waals surface area contributed by atoms with E-state index in [2.05, 4.69) is 10.3 Å². The molecule has 2 N–H and O–H groups in total. The van der Waals surface area contributed by atoms with Gasteiger partial charge in [-0.2, -0.15) is 0 Å². The molecule has 0 atom stereocenters. The summed E-state index contributed by atoms with van der Waals surface area (Å²) in [5, 5.41) is 4.05. The molecule has 3 rings (SSSR count). The summed E-state index contributed by atoms with van der Waals surface area (Å²) in [7, 11) is 0. The second-order valence-corrected chi connectivity index (χ2v) is 6.33. The average molecular weight is 350 g/mol. The van der Waals surface area contributed by atoms with E-state index in [0.717, 1.165) is 33.3 Å². The van der Waals surface area contributed by atoms with E-state index in [0.29, 0.717) is 19.4 Å². The highest BCUT2D eigenvalue weighted by Crippen LogP contribution is 2.23. The Bertz CT molecular complexity index is 943. The number of aromatic amines is 1. The maximum Gasteiger partial charge on any atom is 0.302 e. The van der Waals surface area contributed by atoms with Crippen LogP contribution in [0.4, 0.5) is 5.69 Å². The summed E-state index contributed by atoms with van der Waals surface area (Å²) in [6, 6.07) is 13.6. The van der Waals surface area contributed by atoms with Crippen molar-refractivity contribution in [3.8, 4) is 0 Å². The monoisotopic (exact) mass is 350 g/mol. The quantitative estimate of drug-likeness (QED) is 0.665. The van der Waals surface area contributed by atoms with Crippen molar-refractivity contribution in [2.24, 2.45) is 0 Å². The smallest absolute Gasteiger partial charge is 0.302 e. The van der Waals surface area contributed by atoms with Crippen molar-refractivity contribution >= 4 is 28.5 Å². The van der Waals surface area contributed by atoms with Crippen molar-refractivity contribution in [2.45, 2.75) is 26.7 Å². The Labute approximate surface area is 152 Å². The summed E-state index contributed by atoms with van der Waals surface area (Å²) in [5.41, 5.74) is 4.93. The Morgan fingerprint density at radius 1 is 1.15 bits per heavy atom. The molecule has 0 saturated carbocycles. The molecule has 0 aliphatic rings. The summed E-state index contributed by atoms with van der Waals surface area (Å²) in [4.78, 5) is 26.5. The first-order valence-electron chi connectivity index (χ1n) is 8.60. The molecule has 0 bridgehead atoms. The van der Waals surface area contributed by atoms with Crippen LogP contribution >= 0.6 is 0 Å². The van der Waals surface area contributed by atoms with E-state index in [1.807, 2.05) is 55.6 Å². The molecule has 0 spiro atoms. The third-order valence-corrected chi connectivity index (χ3v) is 4.25. The number of aryl methyl sites for hydroxylation is 1. The zero-order chi connectivity index (χ0) is 18.5. The van der Waals surface area contributed by atoms with Gasteiger partial charge < -0.3 is 15.0 Å². The number of anilines is 1. The van der Waals surface area contributed by atoms with Crippen LogP contribution in [-0.2, 0) is 27.2 Å².